The van der Waals surface area contributed by atoms with Crippen LogP contribution < -0.4 is 5.32 Å². The van der Waals surface area contributed by atoms with Crippen LogP contribution in [0.1, 0.15) is 23.0 Å². The summed E-state index contributed by atoms with van der Waals surface area (Å²) < 4.78 is 5.05. The average Bonchev–Trinajstić information content (AvgIpc) is 2.55. The number of halogens is 1. The van der Waals surface area contributed by atoms with E-state index in [4.69, 9.17) is 21.6 Å². The summed E-state index contributed by atoms with van der Waals surface area (Å²) in [7, 11) is 0. The van der Waals surface area contributed by atoms with Crippen LogP contribution in [-0.4, -0.2) is 23.0 Å². The Kier molecular flexibility index (Phi) is 5.28. The lowest BCUT2D eigenvalue weighted by molar-refractivity contribution is -0.123. The highest BCUT2D eigenvalue weighted by Crippen LogP contribution is 2.12. The van der Waals surface area contributed by atoms with Gasteiger partial charge in [0, 0.05) is 16.9 Å². The summed E-state index contributed by atoms with van der Waals surface area (Å²) in [5.41, 5.74) is 1.00. The van der Waals surface area contributed by atoms with Gasteiger partial charge in [-0.15, -0.1) is 0 Å². The van der Waals surface area contributed by atoms with Crippen LogP contribution in [0.2, 0.25) is 5.02 Å². The van der Waals surface area contributed by atoms with Gasteiger partial charge in [-0.3, -0.25) is 4.79 Å². The molecule has 1 aromatic carbocycles. The zero-order chi connectivity index (χ0) is 16.8. The normalized spacial score (nSPS) is 11.2. The summed E-state index contributed by atoms with van der Waals surface area (Å²) in [6, 6.07) is 11.2. The van der Waals surface area contributed by atoms with E-state index in [0.29, 0.717) is 16.3 Å². The standard InChI is InChI=1S/C16H12ClN3O3/c1-10(23-16(22)14-8-12(17)6-7-19-14)15(21)20-13-4-2-11(9-18)3-5-13/h2-8,10H,1H3,(H,20,21)/t10-/m0/s1. The van der Waals surface area contributed by atoms with Crippen molar-refractivity contribution in [2.45, 2.75) is 13.0 Å². The summed E-state index contributed by atoms with van der Waals surface area (Å²) in [4.78, 5) is 27.7. The van der Waals surface area contributed by atoms with Crippen molar-refractivity contribution in [2.75, 3.05) is 5.32 Å². The van der Waals surface area contributed by atoms with Crippen LogP contribution in [-0.2, 0) is 9.53 Å². The summed E-state index contributed by atoms with van der Waals surface area (Å²) >= 11 is 5.77. The van der Waals surface area contributed by atoms with E-state index < -0.39 is 18.0 Å². The second-order valence-electron chi connectivity index (χ2n) is 4.59. The molecule has 0 aliphatic carbocycles. The number of carbonyl (C=O) groups excluding carboxylic acids is 2. The maximum absolute atomic E-state index is 12.0. The van der Waals surface area contributed by atoms with Gasteiger partial charge in [-0.2, -0.15) is 5.26 Å². The van der Waals surface area contributed by atoms with Gasteiger partial charge in [0.2, 0.25) is 0 Å². The maximum Gasteiger partial charge on any atom is 0.357 e. The molecule has 23 heavy (non-hydrogen) atoms. The molecule has 1 heterocycles. The molecular formula is C16H12ClN3O3. The van der Waals surface area contributed by atoms with Crippen molar-refractivity contribution in [1.82, 2.24) is 4.98 Å². The smallest absolute Gasteiger partial charge is 0.357 e. The minimum Gasteiger partial charge on any atom is -0.448 e. The van der Waals surface area contributed by atoms with Crippen molar-refractivity contribution in [2.24, 2.45) is 0 Å². The Morgan fingerprint density at radius 2 is 2.00 bits per heavy atom. The first-order valence-corrected chi connectivity index (χ1v) is 7.01. The lowest BCUT2D eigenvalue weighted by Crippen LogP contribution is -2.30. The highest BCUT2D eigenvalue weighted by Gasteiger charge is 2.20. The second kappa shape index (κ2) is 7.38. The molecule has 6 nitrogen and oxygen atoms in total. The van der Waals surface area contributed by atoms with Crippen LogP contribution in [0.5, 0.6) is 0 Å². The van der Waals surface area contributed by atoms with E-state index in [2.05, 4.69) is 10.3 Å². The van der Waals surface area contributed by atoms with Crippen molar-refractivity contribution < 1.29 is 14.3 Å². The first kappa shape index (κ1) is 16.5. The van der Waals surface area contributed by atoms with Crippen LogP contribution in [0.25, 0.3) is 0 Å². The number of nitrogens with one attached hydrogen (secondary N) is 1. The minimum absolute atomic E-state index is 0.0236. The van der Waals surface area contributed by atoms with Crippen molar-refractivity contribution in [3.05, 3.63) is 58.9 Å². The first-order valence-electron chi connectivity index (χ1n) is 6.63. The fourth-order valence-corrected chi connectivity index (χ4v) is 1.82. The van der Waals surface area contributed by atoms with Crippen molar-refractivity contribution in [1.29, 1.82) is 5.26 Å². The number of amides is 1. The predicted octanol–water partition coefficient (Wildman–Crippen LogP) is 2.79. The number of esters is 1. The van der Waals surface area contributed by atoms with Gasteiger partial charge >= 0.3 is 5.97 Å². The number of pyridine rings is 1. The molecular weight excluding hydrogens is 318 g/mol. The van der Waals surface area contributed by atoms with Crippen LogP contribution in [0.4, 0.5) is 5.69 Å². The molecule has 0 spiro atoms. The summed E-state index contributed by atoms with van der Waals surface area (Å²) in [5, 5.41) is 11.7. The molecule has 1 aromatic heterocycles. The predicted molar refractivity (Wildman–Crippen MR) is 83.9 cm³/mol. The molecule has 7 heteroatoms. The molecule has 0 fully saturated rings. The molecule has 1 amide bonds. The van der Waals surface area contributed by atoms with E-state index >= 15 is 0 Å². The maximum atomic E-state index is 12.0. The topological polar surface area (TPSA) is 92.1 Å². The van der Waals surface area contributed by atoms with E-state index in [1.807, 2.05) is 6.07 Å². The van der Waals surface area contributed by atoms with E-state index in [1.165, 1.54) is 25.3 Å². The number of nitrogens with zero attached hydrogens (tertiary/aromatic N) is 2. The Labute approximate surface area is 137 Å². The highest BCUT2D eigenvalue weighted by atomic mass is 35.5. The number of hydrogen-bond acceptors (Lipinski definition) is 5. The number of anilines is 1. The van der Waals surface area contributed by atoms with Crippen LogP contribution in [0.15, 0.2) is 42.6 Å². The zero-order valence-electron chi connectivity index (χ0n) is 12.1. The molecule has 0 unspecified atom stereocenters. The molecule has 1 N–H and O–H groups in total. The van der Waals surface area contributed by atoms with Crippen LogP contribution >= 0.6 is 11.6 Å². The number of ether oxygens (including phenoxy) is 1. The summed E-state index contributed by atoms with van der Waals surface area (Å²) in [6.45, 7) is 1.45. The van der Waals surface area contributed by atoms with Gasteiger partial charge in [-0.1, -0.05) is 11.6 Å². The molecule has 0 bridgehead atoms. The van der Waals surface area contributed by atoms with Crippen molar-refractivity contribution in [3.63, 3.8) is 0 Å². The van der Waals surface area contributed by atoms with Gasteiger partial charge < -0.3 is 10.1 Å². The Morgan fingerprint density at radius 3 is 2.61 bits per heavy atom. The SMILES string of the molecule is C[C@H](OC(=O)c1cc(Cl)ccn1)C(=O)Nc1ccc(C#N)cc1. The first-order chi connectivity index (χ1) is 11.0. The molecule has 116 valence electrons. The fourth-order valence-electron chi connectivity index (χ4n) is 1.66. The van der Waals surface area contributed by atoms with Crippen molar-refractivity contribution >= 4 is 29.2 Å². The van der Waals surface area contributed by atoms with E-state index in [0.717, 1.165) is 0 Å². The largest absolute Gasteiger partial charge is 0.448 e. The molecule has 2 aromatic rings. The van der Waals surface area contributed by atoms with Crippen molar-refractivity contribution in [3.8, 4) is 6.07 Å². The fraction of sp³-hybridized carbons (Fsp3) is 0.125. The number of hydrogen-bond donors (Lipinski definition) is 1. The highest BCUT2D eigenvalue weighted by molar-refractivity contribution is 6.30. The Bertz CT molecular complexity index is 769. The molecule has 0 saturated heterocycles. The lowest BCUT2D eigenvalue weighted by Gasteiger charge is -2.13. The van der Waals surface area contributed by atoms with E-state index in [1.54, 1.807) is 24.3 Å². The average molecular weight is 330 g/mol. The third-order valence-corrected chi connectivity index (χ3v) is 3.10. The number of nitriles is 1. The van der Waals surface area contributed by atoms with E-state index in [-0.39, 0.29) is 5.69 Å². The third kappa shape index (κ3) is 4.53. The van der Waals surface area contributed by atoms with Crippen LogP contribution in [0, 0.1) is 11.3 Å². The Balaban J connectivity index is 1.96. The molecule has 2 rings (SSSR count). The van der Waals surface area contributed by atoms with Gasteiger partial charge in [-0.05, 0) is 43.3 Å². The molecule has 1 atom stereocenters. The molecule has 0 radical (unpaired) electrons. The molecule has 0 aliphatic heterocycles. The quantitative estimate of drug-likeness (QED) is 0.871. The van der Waals surface area contributed by atoms with Gasteiger partial charge in [0.25, 0.3) is 5.91 Å². The molecule has 0 aliphatic rings. The third-order valence-electron chi connectivity index (χ3n) is 2.87. The minimum atomic E-state index is -1.01. The zero-order valence-corrected chi connectivity index (χ0v) is 12.9. The lowest BCUT2D eigenvalue weighted by atomic mass is 10.2. The number of carbonyl (C=O) groups is 2. The van der Waals surface area contributed by atoms with Crippen LogP contribution in [0.3, 0.4) is 0 Å². The number of rotatable bonds is 4. The van der Waals surface area contributed by atoms with Gasteiger partial charge in [-0.25, -0.2) is 9.78 Å². The molecule has 0 saturated carbocycles. The van der Waals surface area contributed by atoms with E-state index in [9.17, 15) is 9.59 Å². The number of benzene rings is 1. The monoisotopic (exact) mass is 329 g/mol. The Hall–Kier alpha value is -2.91. The Morgan fingerprint density at radius 1 is 1.30 bits per heavy atom. The van der Waals surface area contributed by atoms with Gasteiger partial charge in [0.15, 0.2) is 6.10 Å². The second-order valence-corrected chi connectivity index (χ2v) is 5.02. The summed E-state index contributed by atoms with van der Waals surface area (Å²) in [6.07, 6.45) is 0.361. The van der Waals surface area contributed by atoms with Gasteiger partial charge in [0.05, 0.1) is 11.6 Å². The number of aromatic nitrogens is 1. The van der Waals surface area contributed by atoms with Gasteiger partial charge in [0.1, 0.15) is 5.69 Å². The summed E-state index contributed by atoms with van der Waals surface area (Å²) in [5.74, 6) is -1.24.